The third-order valence-electron chi connectivity index (χ3n) is 6.81. The van der Waals surface area contributed by atoms with Gasteiger partial charge in [0.1, 0.15) is 17.2 Å². The molecule has 0 saturated heterocycles. The molecular weight excluding hydrogens is 466 g/mol. The second-order valence-electron chi connectivity index (χ2n) is 8.88. The molecule has 1 saturated carbocycles. The van der Waals surface area contributed by atoms with E-state index in [1.54, 1.807) is 6.92 Å². The number of anilines is 1. The second kappa shape index (κ2) is 9.50. The Bertz CT molecular complexity index is 1260. The zero-order chi connectivity index (χ0) is 24.5. The fourth-order valence-electron chi connectivity index (χ4n) is 5.15. The van der Waals surface area contributed by atoms with Crippen LogP contribution < -0.4 is 10.6 Å². The van der Waals surface area contributed by atoms with Crippen molar-refractivity contribution in [2.45, 2.75) is 38.1 Å². The minimum absolute atomic E-state index is 0.00221. The fourth-order valence-corrected chi connectivity index (χ4v) is 5.94. The minimum atomic E-state index is -1.13. The number of hydrogen-bond donors (Lipinski definition) is 3. The Balaban J connectivity index is 1.22. The van der Waals surface area contributed by atoms with Crippen LogP contribution in [0.15, 0.2) is 48.5 Å². The molecule has 9 heteroatoms. The van der Waals surface area contributed by atoms with Crippen LogP contribution in [-0.4, -0.2) is 40.1 Å². The first-order chi connectivity index (χ1) is 16.9. The largest absolute Gasteiger partial charge is 0.478 e. The average Bonchev–Trinajstić information content (AvgIpc) is 3.53. The van der Waals surface area contributed by atoms with Gasteiger partial charge in [-0.25, -0.2) is 9.59 Å². The van der Waals surface area contributed by atoms with Crippen molar-refractivity contribution in [3.05, 3.63) is 70.9 Å². The molecule has 0 aliphatic heterocycles. The molecule has 3 N–H and O–H groups in total. The summed E-state index contributed by atoms with van der Waals surface area (Å²) < 4.78 is 9.67. The molecule has 1 aromatic heterocycles. The number of hydrogen-bond acceptors (Lipinski definition) is 6. The van der Waals surface area contributed by atoms with Gasteiger partial charge in [0, 0.05) is 12.0 Å². The van der Waals surface area contributed by atoms with E-state index in [4.69, 9.17) is 4.74 Å². The van der Waals surface area contributed by atoms with Gasteiger partial charge in [0.25, 0.3) is 0 Å². The highest BCUT2D eigenvalue weighted by Gasteiger charge is 2.36. The van der Waals surface area contributed by atoms with Crippen molar-refractivity contribution in [3.63, 3.8) is 0 Å². The maximum Gasteiger partial charge on any atom is 0.407 e. The summed E-state index contributed by atoms with van der Waals surface area (Å²) in [5, 5.41) is 15.2. The molecule has 0 unspecified atom stereocenters. The lowest BCUT2D eigenvalue weighted by Crippen LogP contribution is -2.42. The van der Waals surface area contributed by atoms with E-state index >= 15 is 0 Å². The van der Waals surface area contributed by atoms with E-state index in [0.29, 0.717) is 18.5 Å². The number of aromatic nitrogens is 1. The van der Waals surface area contributed by atoms with Crippen LogP contribution >= 0.6 is 11.5 Å². The Labute approximate surface area is 206 Å². The molecule has 8 nitrogen and oxygen atoms in total. The number of nitrogens with zero attached hydrogens (tertiary/aromatic N) is 1. The molecule has 2 aliphatic carbocycles. The minimum Gasteiger partial charge on any atom is -0.478 e. The summed E-state index contributed by atoms with van der Waals surface area (Å²) in [6, 6.07) is 15.9. The average molecular weight is 492 g/mol. The summed E-state index contributed by atoms with van der Waals surface area (Å²) in [7, 11) is 0. The van der Waals surface area contributed by atoms with Gasteiger partial charge in [0.15, 0.2) is 0 Å². The smallest absolute Gasteiger partial charge is 0.407 e. The summed E-state index contributed by atoms with van der Waals surface area (Å²) in [5.74, 6) is -1.97. The quantitative estimate of drug-likeness (QED) is 0.456. The maximum absolute atomic E-state index is 12.9. The van der Waals surface area contributed by atoms with Crippen molar-refractivity contribution in [2.75, 3.05) is 11.9 Å². The topological polar surface area (TPSA) is 118 Å². The predicted octanol–water partition coefficient (Wildman–Crippen LogP) is 4.80. The molecule has 0 bridgehead atoms. The van der Waals surface area contributed by atoms with Crippen molar-refractivity contribution >= 4 is 34.5 Å². The summed E-state index contributed by atoms with van der Waals surface area (Å²) in [4.78, 5) is 37.1. The lowest BCUT2D eigenvalue weighted by atomic mass is 9.98. The Morgan fingerprint density at radius 2 is 1.71 bits per heavy atom. The summed E-state index contributed by atoms with van der Waals surface area (Å²) in [6.45, 7) is 1.79. The molecule has 35 heavy (non-hydrogen) atoms. The van der Waals surface area contributed by atoms with Crippen molar-refractivity contribution in [3.8, 4) is 11.1 Å². The molecule has 2 aliphatic rings. The van der Waals surface area contributed by atoms with Gasteiger partial charge in [-0.1, -0.05) is 55.0 Å². The normalized spacial score (nSPS) is 18.5. The van der Waals surface area contributed by atoms with Gasteiger partial charge in [0.05, 0.1) is 11.6 Å². The van der Waals surface area contributed by atoms with Crippen molar-refractivity contribution in [2.24, 2.45) is 5.92 Å². The van der Waals surface area contributed by atoms with Gasteiger partial charge in [-0.3, -0.25) is 4.79 Å². The Kier molecular flexibility index (Phi) is 6.25. The van der Waals surface area contributed by atoms with Gasteiger partial charge in [0.2, 0.25) is 5.91 Å². The number of carboxylic acid groups (broad SMARTS) is 1. The summed E-state index contributed by atoms with van der Waals surface area (Å²) >= 11 is 0.943. The number of amides is 2. The number of benzene rings is 2. The number of alkyl carbamates (subject to hydrolysis) is 1. The van der Waals surface area contributed by atoms with Crippen LogP contribution in [0.1, 0.15) is 52.4 Å². The molecule has 0 spiro atoms. The van der Waals surface area contributed by atoms with E-state index in [2.05, 4.69) is 39.3 Å². The zero-order valence-electron chi connectivity index (χ0n) is 19.1. The number of rotatable bonds is 6. The molecule has 1 fully saturated rings. The van der Waals surface area contributed by atoms with Gasteiger partial charge < -0.3 is 20.5 Å². The molecule has 1 heterocycles. The lowest BCUT2D eigenvalue weighted by molar-refractivity contribution is -0.120. The fraction of sp³-hybridized carbons (Fsp3) is 0.308. The van der Waals surface area contributed by atoms with Gasteiger partial charge in [-0.15, -0.1) is 0 Å². The molecule has 0 radical (unpaired) electrons. The van der Waals surface area contributed by atoms with Gasteiger partial charge in [-0.2, -0.15) is 4.37 Å². The second-order valence-corrected chi connectivity index (χ2v) is 9.65. The predicted molar refractivity (Wildman–Crippen MR) is 132 cm³/mol. The van der Waals surface area contributed by atoms with Crippen molar-refractivity contribution in [1.82, 2.24) is 9.69 Å². The molecule has 2 amide bonds. The summed E-state index contributed by atoms with van der Waals surface area (Å²) in [6.07, 6.45) is 1.46. The molecule has 180 valence electrons. The van der Waals surface area contributed by atoms with E-state index < -0.39 is 18.0 Å². The number of fused-ring (bicyclic) bond motifs is 3. The first kappa shape index (κ1) is 23.0. The number of nitrogens with one attached hydrogen (secondary N) is 2. The Hall–Kier alpha value is -3.72. The first-order valence-corrected chi connectivity index (χ1v) is 12.3. The molecule has 5 rings (SSSR count). The number of aryl methyl sites for hydroxylation is 1. The van der Waals surface area contributed by atoms with E-state index in [1.807, 2.05) is 24.3 Å². The third-order valence-corrected chi connectivity index (χ3v) is 7.67. The highest BCUT2D eigenvalue weighted by molar-refractivity contribution is 7.11. The number of carbonyl (C=O) groups excluding carboxylic acids is 2. The Morgan fingerprint density at radius 1 is 1.06 bits per heavy atom. The van der Waals surface area contributed by atoms with Crippen LogP contribution in [0.3, 0.4) is 0 Å². The van der Waals surface area contributed by atoms with Gasteiger partial charge >= 0.3 is 12.1 Å². The molecule has 2 atom stereocenters. The highest BCUT2D eigenvalue weighted by Crippen LogP contribution is 2.44. The number of carbonyl (C=O) groups is 3. The van der Waals surface area contributed by atoms with Crippen LogP contribution in [0.4, 0.5) is 9.80 Å². The SMILES string of the molecule is Cc1nsc(NC(=O)[C@@H]2CCC[C@@H]2NC(=O)OCC2c3ccccc3-c3ccccc32)c1C(=O)O. The number of ether oxygens (including phenoxy) is 1. The summed E-state index contributed by atoms with van der Waals surface area (Å²) in [5.41, 5.74) is 4.94. The molecule has 2 aromatic carbocycles. The third kappa shape index (κ3) is 4.39. The van der Waals surface area contributed by atoms with Crippen LogP contribution in [-0.2, 0) is 9.53 Å². The van der Waals surface area contributed by atoms with E-state index in [9.17, 15) is 19.5 Å². The van der Waals surface area contributed by atoms with Gasteiger partial charge in [-0.05, 0) is 53.6 Å². The van der Waals surface area contributed by atoms with E-state index in [0.717, 1.165) is 40.2 Å². The maximum atomic E-state index is 12.9. The van der Waals surface area contributed by atoms with Crippen molar-refractivity contribution < 1.29 is 24.2 Å². The first-order valence-electron chi connectivity index (χ1n) is 11.6. The standard InChI is InChI=1S/C26H25N3O5S/c1-14-22(25(31)32)24(35-29-14)28-23(30)19-11-6-12-21(19)27-26(33)34-13-20-17-9-4-2-7-15(17)16-8-3-5-10-18(16)20/h2-5,7-10,19-21H,6,11-13H2,1H3,(H,27,33)(H,28,30)(H,31,32)/t19-,21+/m1/s1. The highest BCUT2D eigenvalue weighted by atomic mass is 32.1. The number of carboxylic acids is 1. The molecule has 3 aromatic rings. The van der Waals surface area contributed by atoms with E-state index in [1.165, 1.54) is 0 Å². The van der Waals surface area contributed by atoms with E-state index in [-0.39, 0.29) is 35.0 Å². The van der Waals surface area contributed by atoms with Crippen LogP contribution in [0, 0.1) is 12.8 Å². The van der Waals surface area contributed by atoms with Crippen molar-refractivity contribution in [1.29, 1.82) is 0 Å². The monoisotopic (exact) mass is 491 g/mol. The molecular formula is C26H25N3O5S. The van der Waals surface area contributed by atoms with Crippen LogP contribution in [0.5, 0.6) is 0 Å². The van der Waals surface area contributed by atoms with Crippen LogP contribution in [0.25, 0.3) is 11.1 Å². The lowest BCUT2D eigenvalue weighted by Gasteiger charge is -2.21. The number of aromatic carboxylic acids is 1. The zero-order valence-corrected chi connectivity index (χ0v) is 19.9. The Morgan fingerprint density at radius 3 is 2.37 bits per heavy atom. The van der Waals surface area contributed by atoms with Crippen LogP contribution in [0.2, 0.25) is 0 Å².